The van der Waals surface area contributed by atoms with Gasteiger partial charge in [0.1, 0.15) is 11.3 Å². The molecule has 24 heavy (non-hydrogen) atoms. The molecule has 0 radical (unpaired) electrons. The summed E-state index contributed by atoms with van der Waals surface area (Å²) in [6, 6.07) is 20.3. The third-order valence-electron chi connectivity index (χ3n) is 4.22. The van der Waals surface area contributed by atoms with Crippen LogP contribution in [-0.2, 0) is 0 Å². The van der Waals surface area contributed by atoms with Crippen molar-refractivity contribution in [3.05, 3.63) is 78.6 Å². The molecule has 0 unspecified atom stereocenters. The first kappa shape index (κ1) is 13.1. The van der Waals surface area contributed by atoms with Gasteiger partial charge in [-0.1, -0.05) is 48.5 Å². The van der Waals surface area contributed by atoms with Crippen LogP contribution >= 0.6 is 0 Å². The molecule has 0 aliphatic carbocycles. The van der Waals surface area contributed by atoms with E-state index in [4.69, 9.17) is 13.8 Å². The Morgan fingerprint density at radius 2 is 1.42 bits per heavy atom. The third-order valence-corrected chi connectivity index (χ3v) is 4.22. The quantitative estimate of drug-likeness (QED) is 0.381. The van der Waals surface area contributed by atoms with Crippen LogP contribution in [0.2, 0.25) is 0 Å². The molecule has 3 heteroatoms. The molecule has 0 saturated carbocycles. The van der Waals surface area contributed by atoms with Crippen molar-refractivity contribution >= 4 is 44.8 Å². The summed E-state index contributed by atoms with van der Waals surface area (Å²) in [5, 5.41) is 4.55. The second kappa shape index (κ2) is 5.10. The van der Waals surface area contributed by atoms with Crippen LogP contribution in [0.4, 0.5) is 0 Å². The molecule has 0 N–H and O–H groups in total. The van der Waals surface area contributed by atoms with Crippen molar-refractivity contribution in [1.82, 2.24) is 4.98 Å². The van der Waals surface area contributed by atoms with Crippen LogP contribution in [0.15, 0.2) is 75.8 Å². The summed E-state index contributed by atoms with van der Waals surface area (Å²) in [5.74, 6) is 1.34. The largest absolute Gasteiger partial charge is 0.465 e. The van der Waals surface area contributed by atoms with Crippen LogP contribution < -0.4 is 0 Å². The molecule has 114 valence electrons. The molecule has 3 aromatic carbocycles. The Morgan fingerprint density at radius 3 is 2.17 bits per heavy atom. The molecule has 2 aromatic heterocycles. The van der Waals surface area contributed by atoms with Crippen molar-refractivity contribution in [2.45, 2.75) is 0 Å². The molecular formula is C21H13NO2. The Balaban J connectivity index is 1.82. The maximum absolute atomic E-state index is 6.05. The zero-order valence-corrected chi connectivity index (χ0v) is 12.8. The van der Waals surface area contributed by atoms with Crippen LogP contribution in [0.5, 0.6) is 0 Å². The van der Waals surface area contributed by atoms with Gasteiger partial charge >= 0.3 is 0 Å². The summed E-state index contributed by atoms with van der Waals surface area (Å²) in [6.45, 7) is 0. The Morgan fingerprint density at radius 1 is 0.708 bits per heavy atom. The predicted molar refractivity (Wildman–Crippen MR) is 96.7 cm³/mol. The van der Waals surface area contributed by atoms with Crippen LogP contribution in [0.25, 0.3) is 44.8 Å². The van der Waals surface area contributed by atoms with Crippen LogP contribution in [0.3, 0.4) is 0 Å². The highest BCUT2D eigenvalue weighted by Crippen LogP contribution is 2.35. The Kier molecular flexibility index (Phi) is 2.79. The number of oxazole rings is 1. The van der Waals surface area contributed by atoms with Crippen molar-refractivity contribution in [2.24, 2.45) is 0 Å². The fourth-order valence-corrected chi connectivity index (χ4v) is 3.15. The minimum absolute atomic E-state index is 0.572. The fourth-order valence-electron chi connectivity index (χ4n) is 3.15. The third kappa shape index (κ3) is 1.95. The van der Waals surface area contributed by atoms with E-state index in [1.807, 2.05) is 36.4 Å². The Bertz CT molecular complexity index is 1120. The molecule has 0 aliphatic rings. The lowest BCUT2D eigenvalue weighted by atomic mass is 10.0. The molecule has 5 rings (SSSR count). The highest BCUT2D eigenvalue weighted by atomic mass is 16.3. The number of furan rings is 1. The first-order valence-electron chi connectivity index (χ1n) is 7.82. The molecule has 0 atom stereocenters. The Hall–Kier alpha value is -3.33. The van der Waals surface area contributed by atoms with Gasteiger partial charge in [-0.2, -0.15) is 0 Å². The molecule has 0 bridgehead atoms. The average Bonchev–Trinajstić information content (AvgIpc) is 3.30. The lowest BCUT2D eigenvalue weighted by Gasteiger charge is -2.04. The second-order valence-electron chi connectivity index (χ2n) is 5.67. The normalized spacial score (nSPS) is 12.0. The fraction of sp³-hybridized carbons (Fsp3) is 0. The van der Waals surface area contributed by atoms with E-state index >= 15 is 0 Å². The van der Waals surface area contributed by atoms with Gasteiger partial charge in [-0.3, -0.25) is 0 Å². The molecule has 0 amide bonds. The molecule has 0 saturated heterocycles. The monoisotopic (exact) mass is 311 g/mol. The van der Waals surface area contributed by atoms with Gasteiger partial charge in [-0.15, -0.1) is 0 Å². The predicted octanol–water partition coefficient (Wildman–Crippen LogP) is 5.90. The first-order chi connectivity index (χ1) is 11.9. The highest BCUT2D eigenvalue weighted by Gasteiger charge is 2.13. The lowest BCUT2D eigenvalue weighted by molar-refractivity contribution is 0.556. The average molecular weight is 311 g/mol. The van der Waals surface area contributed by atoms with Crippen LogP contribution in [0, 0.1) is 0 Å². The summed E-state index contributed by atoms with van der Waals surface area (Å²) in [6.07, 6.45) is 5.34. The molecule has 5 aromatic rings. The minimum Gasteiger partial charge on any atom is -0.465 e. The number of nitrogens with zero attached hydrogens (tertiary/aromatic N) is 1. The van der Waals surface area contributed by atoms with Crippen LogP contribution in [-0.4, -0.2) is 4.98 Å². The van der Waals surface area contributed by atoms with E-state index in [0.717, 1.165) is 27.6 Å². The zero-order valence-electron chi connectivity index (χ0n) is 12.8. The summed E-state index contributed by atoms with van der Waals surface area (Å²) in [4.78, 5) is 4.70. The van der Waals surface area contributed by atoms with E-state index in [0.29, 0.717) is 5.89 Å². The van der Waals surface area contributed by atoms with Crippen LogP contribution in [0.1, 0.15) is 11.7 Å². The van der Waals surface area contributed by atoms with Gasteiger partial charge in [0, 0.05) is 16.8 Å². The highest BCUT2D eigenvalue weighted by molar-refractivity contribution is 6.22. The van der Waals surface area contributed by atoms with E-state index in [1.165, 1.54) is 10.8 Å². The number of rotatable bonds is 2. The smallest absolute Gasteiger partial charge is 0.220 e. The van der Waals surface area contributed by atoms with Crippen molar-refractivity contribution in [3.8, 4) is 0 Å². The number of aromatic nitrogens is 1. The molecule has 2 heterocycles. The van der Waals surface area contributed by atoms with Crippen molar-refractivity contribution < 1.29 is 8.83 Å². The summed E-state index contributed by atoms with van der Waals surface area (Å²) >= 11 is 0. The number of hydrogen-bond acceptors (Lipinski definition) is 3. The van der Waals surface area contributed by atoms with Gasteiger partial charge < -0.3 is 8.83 Å². The number of benzene rings is 3. The summed E-state index contributed by atoms with van der Waals surface area (Å²) in [5.41, 5.74) is 1.71. The van der Waals surface area contributed by atoms with E-state index < -0.39 is 0 Å². The molecular weight excluding hydrogens is 298 g/mol. The van der Waals surface area contributed by atoms with E-state index in [9.17, 15) is 0 Å². The summed E-state index contributed by atoms with van der Waals surface area (Å²) in [7, 11) is 0. The van der Waals surface area contributed by atoms with Crippen molar-refractivity contribution in [2.75, 3.05) is 0 Å². The first-order valence-corrected chi connectivity index (χ1v) is 7.82. The molecule has 0 aliphatic heterocycles. The zero-order chi connectivity index (χ0) is 15.9. The number of fused-ring (bicyclic) bond motifs is 6. The van der Waals surface area contributed by atoms with Gasteiger partial charge in [0.05, 0.1) is 6.26 Å². The van der Waals surface area contributed by atoms with E-state index in [-0.39, 0.29) is 0 Å². The van der Waals surface area contributed by atoms with Gasteiger partial charge in [-0.25, -0.2) is 4.98 Å². The van der Waals surface area contributed by atoms with Gasteiger partial charge in [0.25, 0.3) is 0 Å². The van der Waals surface area contributed by atoms with Crippen molar-refractivity contribution in [1.29, 1.82) is 0 Å². The standard InChI is InChI=1S/C21H13NO2/c1-3-9-17-15(7-1)16-8-2-4-10-18(16)21-20(17)22-19(24-21)12-11-14-6-5-13-23-14/h1-13H. The minimum atomic E-state index is 0.572. The lowest BCUT2D eigenvalue weighted by Crippen LogP contribution is -1.80. The Labute approximate surface area is 137 Å². The number of hydrogen-bond donors (Lipinski definition) is 0. The van der Waals surface area contributed by atoms with E-state index in [1.54, 1.807) is 6.26 Å². The summed E-state index contributed by atoms with van der Waals surface area (Å²) < 4.78 is 11.4. The molecule has 3 nitrogen and oxygen atoms in total. The van der Waals surface area contributed by atoms with Gasteiger partial charge in [0.15, 0.2) is 5.58 Å². The second-order valence-corrected chi connectivity index (χ2v) is 5.67. The molecule has 0 spiro atoms. The van der Waals surface area contributed by atoms with Gasteiger partial charge in [-0.05, 0) is 29.0 Å². The molecule has 0 fully saturated rings. The van der Waals surface area contributed by atoms with Crippen molar-refractivity contribution in [3.63, 3.8) is 0 Å². The SMILES string of the molecule is C(=Cc1nc2c3ccccc3c3ccccc3c2o1)c1ccco1. The van der Waals surface area contributed by atoms with E-state index in [2.05, 4.69) is 36.4 Å². The maximum atomic E-state index is 6.05. The topological polar surface area (TPSA) is 39.2 Å². The van der Waals surface area contributed by atoms with Gasteiger partial charge in [0.2, 0.25) is 5.89 Å². The maximum Gasteiger partial charge on any atom is 0.220 e.